The van der Waals surface area contributed by atoms with Gasteiger partial charge in [-0.2, -0.15) is 0 Å². The van der Waals surface area contributed by atoms with Gasteiger partial charge in [0.2, 0.25) is 5.91 Å². The molecule has 0 aliphatic carbocycles. The SMILES string of the molecule is CC[C@H](Sc1ccc(Cl)cc1)C(=O)N[C@H]1CC(CC)(CC)Oc2ccccc21. The van der Waals surface area contributed by atoms with Gasteiger partial charge in [0.25, 0.3) is 0 Å². The highest BCUT2D eigenvalue weighted by molar-refractivity contribution is 8.00. The van der Waals surface area contributed by atoms with E-state index in [1.165, 1.54) is 0 Å². The molecule has 1 aliphatic rings. The Hall–Kier alpha value is -1.65. The van der Waals surface area contributed by atoms with Gasteiger partial charge in [0.15, 0.2) is 0 Å². The van der Waals surface area contributed by atoms with Crippen molar-refractivity contribution < 1.29 is 9.53 Å². The second kappa shape index (κ2) is 9.23. The van der Waals surface area contributed by atoms with Crippen LogP contribution in [-0.2, 0) is 4.79 Å². The van der Waals surface area contributed by atoms with Gasteiger partial charge in [0.1, 0.15) is 11.4 Å². The Kier molecular flexibility index (Phi) is 6.95. The molecule has 0 radical (unpaired) electrons. The minimum Gasteiger partial charge on any atom is -0.487 e. The molecule has 0 unspecified atom stereocenters. The third-order valence-corrected chi connectivity index (χ3v) is 7.19. The lowest BCUT2D eigenvalue weighted by Gasteiger charge is -2.42. The topological polar surface area (TPSA) is 38.3 Å². The normalized spacial score (nSPS) is 18.6. The molecule has 3 nitrogen and oxygen atoms in total. The maximum atomic E-state index is 13.1. The minimum atomic E-state index is -0.225. The number of halogens is 1. The largest absolute Gasteiger partial charge is 0.487 e. The van der Waals surface area contributed by atoms with Crippen LogP contribution in [0, 0.1) is 0 Å². The van der Waals surface area contributed by atoms with Crippen molar-refractivity contribution in [3.05, 3.63) is 59.1 Å². The summed E-state index contributed by atoms with van der Waals surface area (Å²) in [6.07, 6.45) is 3.39. The Morgan fingerprint density at radius 2 is 1.86 bits per heavy atom. The molecule has 1 aliphatic heterocycles. The summed E-state index contributed by atoms with van der Waals surface area (Å²) in [7, 11) is 0. The molecule has 5 heteroatoms. The smallest absolute Gasteiger partial charge is 0.233 e. The molecular weight excluding hydrogens is 390 g/mol. The van der Waals surface area contributed by atoms with Crippen molar-refractivity contribution in [3.8, 4) is 5.75 Å². The highest BCUT2D eigenvalue weighted by Crippen LogP contribution is 2.43. The molecule has 2 atom stereocenters. The van der Waals surface area contributed by atoms with Crippen molar-refractivity contribution in [1.29, 1.82) is 0 Å². The summed E-state index contributed by atoms with van der Waals surface area (Å²) in [6, 6.07) is 15.7. The van der Waals surface area contributed by atoms with Gasteiger partial charge in [-0.25, -0.2) is 0 Å². The molecule has 3 rings (SSSR count). The number of fused-ring (bicyclic) bond motifs is 1. The average molecular weight is 418 g/mol. The van der Waals surface area contributed by atoms with Crippen LogP contribution in [0.4, 0.5) is 0 Å². The highest BCUT2D eigenvalue weighted by atomic mass is 35.5. The zero-order valence-electron chi connectivity index (χ0n) is 16.7. The first-order chi connectivity index (χ1) is 13.5. The summed E-state index contributed by atoms with van der Waals surface area (Å²) >= 11 is 7.56. The Balaban J connectivity index is 1.78. The Labute approximate surface area is 177 Å². The van der Waals surface area contributed by atoms with E-state index in [9.17, 15) is 4.79 Å². The van der Waals surface area contributed by atoms with E-state index in [1.54, 1.807) is 11.8 Å². The number of para-hydroxylation sites is 1. The molecule has 0 saturated heterocycles. The van der Waals surface area contributed by atoms with Gasteiger partial charge >= 0.3 is 0 Å². The summed E-state index contributed by atoms with van der Waals surface area (Å²) in [5.41, 5.74) is 0.844. The van der Waals surface area contributed by atoms with E-state index in [4.69, 9.17) is 16.3 Å². The molecule has 0 fully saturated rings. The molecule has 0 aromatic heterocycles. The predicted molar refractivity (Wildman–Crippen MR) is 117 cm³/mol. The van der Waals surface area contributed by atoms with Crippen LogP contribution in [0.25, 0.3) is 0 Å². The molecule has 1 heterocycles. The fraction of sp³-hybridized carbons (Fsp3) is 0.435. The zero-order valence-corrected chi connectivity index (χ0v) is 18.3. The van der Waals surface area contributed by atoms with Crippen LogP contribution < -0.4 is 10.1 Å². The van der Waals surface area contributed by atoms with Gasteiger partial charge in [-0.1, -0.05) is 50.6 Å². The van der Waals surface area contributed by atoms with E-state index >= 15 is 0 Å². The lowest BCUT2D eigenvalue weighted by atomic mass is 9.83. The predicted octanol–water partition coefficient (Wildman–Crippen LogP) is 6.41. The third kappa shape index (κ3) is 4.66. The second-order valence-electron chi connectivity index (χ2n) is 7.26. The number of ether oxygens (including phenoxy) is 1. The van der Waals surface area contributed by atoms with Gasteiger partial charge < -0.3 is 10.1 Å². The summed E-state index contributed by atoms with van der Waals surface area (Å²) in [4.78, 5) is 14.2. The number of carbonyl (C=O) groups is 1. The zero-order chi connectivity index (χ0) is 20.1. The van der Waals surface area contributed by atoms with Gasteiger partial charge in [0, 0.05) is 21.9 Å². The van der Waals surface area contributed by atoms with Crippen molar-refractivity contribution in [2.45, 2.75) is 68.2 Å². The molecule has 0 bridgehead atoms. The van der Waals surface area contributed by atoms with E-state index in [0.29, 0.717) is 5.02 Å². The summed E-state index contributed by atoms with van der Waals surface area (Å²) in [5, 5.41) is 3.88. The molecule has 1 amide bonds. The number of thioether (sulfide) groups is 1. The molecule has 0 spiro atoms. The first-order valence-corrected chi connectivity index (χ1v) is 11.3. The maximum Gasteiger partial charge on any atom is 0.233 e. The second-order valence-corrected chi connectivity index (χ2v) is 8.98. The fourth-order valence-corrected chi connectivity index (χ4v) is 4.78. The van der Waals surface area contributed by atoms with Crippen LogP contribution >= 0.6 is 23.4 Å². The van der Waals surface area contributed by atoms with Crippen LogP contribution in [0.5, 0.6) is 5.75 Å². The number of hydrogen-bond donors (Lipinski definition) is 1. The average Bonchev–Trinajstić information content (AvgIpc) is 2.73. The third-order valence-electron chi connectivity index (χ3n) is 5.56. The van der Waals surface area contributed by atoms with Crippen LogP contribution in [0.1, 0.15) is 58.1 Å². The number of benzene rings is 2. The van der Waals surface area contributed by atoms with Crippen molar-refractivity contribution in [2.24, 2.45) is 0 Å². The van der Waals surface area contributed by atoms with Crippen molar-refractivity contribution >= 4 is 29.3 Å². The van der Waals surface area contributed by atoms with Gasteiger partial charge in [-0.3, -0.25) is 4.79 Å². The van der Waals surface area contributed by atoms with Crippen LogP contribution in [-0.4, -0.2) is 16.8 Å². The monoisotopic (exact) mass is 417 g/mol. The van der Waals surface area contributed by atoms with Crippen LogP contribution in [0.15, 0.2) is 53.4 Å². The highest BCUT2D eigenvalue weighted by Gasteiger charge is 2.39. The van der Waals surface area contributed by atoms with Gasteiger partial charge in [-0.15, -0.1) is 11.8 Å². The minimum absolute atomic E-state index is 0.0304. The summed E-state index contributed by atoms with van der Waals surface area (Å²) < 4.78 is 6.35. The van der Waals surface area contributed by atoms with Gasteiger partial charge in [-0.05, 0) is 49.6 Å². The lowest BCUT2D eigenvalue weighted by Crippen LogP contribution is -2.46. The van der Waals surface area contributed by atoms with E-state index in [-0.39, 0.29) is 22.8 Å². The van der Waals surface area contributed by atoms with Crippen LogP contribution in [0.3, 0.4) is 0 Å². The maximum absolute atomic E-state index is 13.1. The van der Waals surface area contributed by atoms with E-state index in [1.807, 2.05) is 49.4 Å². The first-order valence-electron chi connectivity index (χ1n) is 10.0. The molecule has 150 valence electrons. The lowest BCUT2D eigenvalue weighted by molar-refractivity contribution is -0.122. The summed E-state index contributed by atoms with van der Waals surface area (Å²) in [6.45, 7) is 6.36. The summed E-state index contributed by atoms with van der Waals surface area (Å²) in [5.74, 6) is 0.964. The standard InChI is InChI=1S/C23H28ClNO2S/c1-4-21(28-17-13-11-16(24)12-14-17)22(26)25-19-15-23(5-2,6-3)27-20-10-8-7-9-18(19)20/h7-14,19,21H,4-6,15H2,1-3H3,(H,25,26)/t19-,21-/m0/s1. The Morgan fingerprint density at radius 3 is 2.50 bits per heavy atom. The molecular formula is C23H28ClNO2S. The molecule has 1 N–H and O–H groups in total. The number of rotatable bonds is 7. The fourth-order valence-electron chi connectivity index (χ4n) is 3.69. The number of hydrogen-bond acceptors (Lipinski definition) is 3. The number of nitrogens with one attached hydrogen (secondary N) is 1. The first kappa shape index (κ1) is 21.1. The Bertz CT molecular complexity index is 805. The van der Waals surface area contributed by atoms with Crippen molar-refractivity contribution in [3.63, 3.8) is 0 Å². The van der Waals surface area contributed by atoms with E-state index in [2.05, 4.69) is 25.2 Å². The molecule has 2 aromatic rings. The Morgan fingerprint density at radius 1 is 1.18 bits per heavy atom. The quantitative estimate of drug-likeness (QED) is 0.529. The molecule has 2 aromatic carbocycles. The van der Waals surface area contributed by atoms with Crippen molar-refractivity contribution in [1.82, 2.24) is 5.32 Å². The number of amides is 1. The van der Waals surface area contributed by atoms with E-state index in [0.717, 1.165) is 41.9 Å². The molecule has 28 heavy (non-hydrogen) atoms. The van der Waals surface area contributed by atoms with Crippen LogP contribution in [0.2, 0.25) is 5.02 Å². The van der Waals surface area contributed by atoms with Gasteiger partial charge in [0.05, 0.1) is 11.3 Å². The molecule has 0 saturated carbocycles. The number of carbonyl (C=O) groups excluding carboxylic acids is 1. The van der Waals surface area contributed by atoms with E-state index < -0.39 is 0 Å². The van der Waals surface area contributed by atoms with Crippen molar-refractivity contribution in [2.75, 3.05) is 0 Å².